The predicted molar refractivity (Wildman–Crippen MR) is 126 cm³/mol. The van der Waals surface area contributed by atoms with E-state index in [1.807, 2.05) is 37.3 Å². The van der Waals surface area contributed by atoms with Gasteiger partial charge in [0.25, 0.3) is 0 Å². The lowest BCUT2D eigenvalue weighted by Gasteiger charge is -2.24. The lowest BCUT2D eigenvalue weighted by molar-refractivity contribution is 0.0502. The molecule has 1 aromatic heterocycles. The predicted octanol–water partition coefficient (Wildman–Crippen LogP) is 5.93. The molecule has 0 saturated heterocycles. The summed E-state index contributed by atoms with van der Waals surface area (Å²) in [5, 5.41) is 0. The average Bonchev–Trinajstić information content (AvgIpc) is 3.11. The second-order valence-corrected chi connectivity index (χ2v) is 9.75. The summed E-state index contributed by atoms with van der Waals surface area (Å²) in [7, 11) is 0. The quantitative estimate of drug-likeness (QED) is 0.511. The van der Waals surface area contributed by atoms with Gasteiger partial charge in [0.15, 0.2) is 5.78 Å². The van der Waals surface area contributed by atoms with E-state index in [2.05, 4.69) is 50.0 Å². The van der Waals surface area contributed by atoms with Crippen molar-refractivity contribution in [3.05, 3.63) is 93.8 Å². The number of ether oxygens (including phenoxy) is 1. The molecule has 1 atom stereocenters. The molecule has 0 spiro atoms. The monoisotopic (exact) mass is 429 g/mol. The Hall–Kier alpha value is -3.14. The maximum Gasteiger partial charge on any atom is 0.355 e. The number of carbonyl (C=O) groups is 2. The number of rotatable bonds is 5. The van der Waals surface area contributed by atoms with Crippen LogP contribution >= 0.6 is 0 Å². The van der Waals surface area contributed by atoms with Crippen molar-refractivity contribution < 1.29 is 14.3 Å². The van der Waals surface area contributed by atoms with E-state index in [4.69, 9.17) is 4.74 Å². The molecule has 3 aromatic rings. The van der Waals surface area contributed by atoms with Gasteiger partial charge < -0.3 is 9.72 Å². The van der Waals surface area contributed by atoms with Crippen LogP contribution in [0, 0.1) is 6.92 Å². The summed E-state index contributed by atoms with van der Waals surface area (Å²) in [4.78, 5) is 28.9. The molecule has 1 N–H and O–H groups in total. The van der Waals surface area contributed by atoms with Gasteiger partial charge >= 0.3 is 5.97 Å². The Morgan fingerprint density at radius 2 is 1.72 bits per heavy atom. The third kappa shape index (κ3) is 4.55. The summed E-state index contributed by atoms with van der Waals surface area (Å²) in [5.74, 6) is -0.191. The highest BCUT2D eigenvalue weighted by molar-refractivity contribution is 6.03. The molecule has 32 heavy (non-hydrogen) atoms. The summed E-state index contributed by atoms with van der Waals surface area (Å²) in [5.41, 5.74) is 6.29. The van der Waals surface area contributed by atoms with Gasteiger partial charge in [0.2, 0.25) is 0 Å². The van der Waals surface area contributed by atoms with Gasteiger partial charge in [0, 0.05) is 24.1 Å². The second-order valence-electron chi connectivity index (χ2n) is 9.75. The number of H-pyrrole nitrogens is 1. The number of esters is 1. The maximum atomic E-state index is 13.0. The fourth-order valence-corrected chi connectivity index (χ4v) is 4.51. The fourth-order valence-electron chi connectivity index (χ4n) is 4.51. The molecule has 1 aliphatic rings. The van der Waals surface area contributed by atoms with Crippen molar-refractivity contribution in [3.63, 3.8) is 0 Å². The number of Topliss-reactive ketones (excluding diaryl/α,β-unsaturated/α-hetero) is 1. The molecule has 0 aliphatic heterocycles. The first-order chi connectivity index (χ1) is 15.2. The lowest BCUT2D eigenvalue weighted by atomic mass is 9.80. The first-order valence-electron chi connectivity index (χ1n) is 11.3. The molecule has 1 aliphatic carbocycles. The first kappa shape index (κ1) is 22.1. The Kier molecular flexibility index (Phi) is 6.05. The molecule has 4 nitrogen and oxygen atoms in total. The van der Waals surface area contributed by atoms with Crippen LogP contribution in [0.4, 0.5) is 0 Å². The molecule has 166 valence electrons. The molecule has 0 amide bonds. The molecule has 0 unspecified atom stereocenters. The number of fused-ring (bicyclic) bond motifs is 1. The molecule has 1 heterocycles. The summed E-state index contributed by atoms with van der Waals surface area (Å²) in [6, 6.07) is 18.5. The largest absolute Gasteiger partial charge is 0.461 e. The molecule has 4 heteroatoms. The van der Waals surface area contributed by atoms with E-state index >= 15 is 0 Å². The van der Waals surface area contributed by atoms with Gasteiger partial charge in [0.1, 0.15) is 5.69 Å². The highest BCUT2D eigenvalue weighted by Gasteiger charge is 2.32. The molecule has 2 aromatic carbocycles. The van der Waals surface area contributed by atoms with Crippen LogP contribution in [-0.4, -0.2) is 23.3 Å². The third-order valence-electron chi connectivity index (χ3n) is 6.41. The fraction of sp³-hybridized carbons (Fsp3) is 0.357. The van der Waals surface area contributed by atoms with E-state index in [1.54, 1.807) is 0 Å². The zero-order valence-corrected chi connectivity index (χ0v) is 19.3. The van der Waals surface area contributed by atoms with Crippen LogP contribution in [-0.2, 0) is 23.0 Å². The molecule has 0 saturated carbocycles. The standard InChI is InChI=1S/C28H31NO3/c1-18-25-23(29-26(18)27(31)32-15-14-19-8-6-5-7-9-19)16-21(17-24(25)30)20-10-12-22(13-11-20)28(2,3)4/h5-13,21,29H,14-17H2,1-4H3/t21-/m1/s1. The molecule has 0 fully saturated rings. The van der Waals surface area contributed by atoms with E-state index in [1.165, 1.54) is 5.56 Å². The number of aromatic nitrogens is 1. The average molecular weight is 430 g/mol. The Balaban J connectivity index is 1.47. The van der Waals surface area contributed by atoms with Crippen molar-refractivity contribution in [2.24, 2.45) is 0 Å². The van der Waals surface area contributed by atoms with Gasteiger partial charge in [-0.1, -0.05) is 75.4 Å². The third-order valence-corrected chi connectivity index (χ3v) is 6.41. The van der Waals surface area contributed by atoms with E-state index in [-0.39, 0.29) is 17.1 Å². The number of ketones is 1. The van der Waals surface area contributed by atoms with Crippen molar-refractivity contribution in [1.29, 1.82) is 0 Å². The number of carbonyl (C=O) groups excluding carboxylic acids is 2. The van der Waals surface area contributed by atoms with Crippen molar-refractivity contribution >= 4 is 11.8 Å². The molecular weight excluding hydrogens is 398 g/mol. The molecular formula is C28H31NO3. The Bertz CT molecular complexity index is 1120. The van der Waals surface area contributed by atoms with Gasteiger partial charge in [-0.2, -0.15) is 0 Å². The summed E-state index contributed by atoms with van der Waals surface area (Å²) in [6.07, 6.45) is 1.84. The highest BCUT2D eigenvalue weighted by Crippen LogP contribution is 2.36. The van der Waals surface area contributed by atoms with Gasteiger partial charge in [-0.3, -0.25) is 4.79 Å². The van der Waals surface area contributed by atoms with Crippen LogP contribution in [0.15, 0.2) is 54.6 Å². The van der Waals surface area contributed by atoms with Gasteiger partial charge in [-0.25, -0.2) is 4.79 Å². The Labute approximate surface area is 190 Å². The van der Waals surface area contributed by atoms with Crippen molar-refractivity contribution in [2.75, 3.05) is 6.61 Å². The summed E-state index contributed by atoms with van der Waals surface area (Å²) >= 11 is 0. The maximum absolute atomic E-state index is 13.0. The van der Waals surface area contributed by atoms with E-state index in [0.717, 1.165) is 16.8 Å². The van der Waals surface area contributed by atoms with Crippen LogP contribution in [0.5, 0.6) is 0 Å². The summed E-state index contributed by atoms with van der Waals surface area (Å²) in [6.45, 7) is 8.73. The normalized spacial score (nSPS) is 16.0. The highest BCUT2D eigenvalue weighted by atomic mass is 16.5. The summed E-state index contributed by atoms with van der Waals surface area (Å²) < 4.78 is 5.50. The van der Waals surface area contributed by atoms with Crippen molar-refractivity contribution in [1.82, 2.24) is 4.98 Å². The van der Waals surface area contributed by atoms with Crippen LogP contribution in [0.1, 0.15) is 81.9 Å². The smallest absolute Gasteiger partial charge is 0.355 e. The van der Waals surface area contributed by atoms with Gasteiger partial charge in [-0.05, 0) is 46.9 Å². The van der Waals surface area contributed by atoms with Crippen molar-refractivity contribution in [3.8, 4) is 0 Å². The minimum absolute atomic E-state index is 0.0910. The van der Waals surface area contributed by atoms with Crippen molar-refractivity contribution in [2.45, 2.75) is 58.3 Å². The zero-order chi connectivity index (χ0) is 22.9. The minimum Gasteiger partial charge on any atom is -0.461 e. The Morgan fingerprint density at radius 1 is 1.03 bits per heavy atom. The van der Waals surface area contributed by atoms with Crippen LogP contribution in [0.3, 0.4) is 0 Å². The SMILES string of the molecule is Cc1c(C(=O)OCCc2ccccc2)[nH]c2c1C(=O)C[C@H](c1ccc(C(C)(C)C)cc1)C2. The Morgan fingerprint density at radius 3 is 2.38 bits per heavy atom. The number of hydrogen-bond donors (Lipinski definition) is 1. The first-order valence-corrected chi connectivity index (χ1v) is 11.3. The van der Waals surface area contributed by atoms with Gasteiger partial charge in [0.05, 0.1) is 6.61 Å². The lowest BCUT2D eigenvalue weighted by Crippen LogP contribution is -2.19. The number of benzene rings is 2. The van der Waals surface area contributed by atoms with Crippen LogP contribution < -0.4 is 0 Å². The zero-order valence-electron chi connectivity index (χ0n) is 19.3. The molecule has 0 radical (unpaired) electrons. The number of nitrogens with one attached hydrogen (secondary N) is 1. The topological polar surface area (TPSA) is 59.2 Å². The van der Waals surface area contributed by atoms with Crippen LogP contribution in [0.2, 0.25) is 0 Å². The number of hydrogen-bond acceptors (Lipinski definition) is 3. The van der Waals surface area contributed by atoms with Crippen LogP contribution in [0.25, 0.3) is 0 Å². The minimum atomic E-state index is -0.397. The van der Waals surface area contributed by atoms with E-state index in [0.29, 0.717) is 42.7 Å². The van der Waals surface area contributed by atoms with E-state index < -0.39 is 5.97 Å². The van der Waals surface area contributed by atoms with Gasteiger partial charge in [-0.15, -0.1) is 0 Å². The molecule has 0 bridgehead atoms. The second kappa shape index (κ2) is 8.78. The number of aromatic amines is 1. The van der Waals surface area contributed by atoms with E-state index in [9.17, 15) is 9.59 Å². The molecule has 4 rings (SSSR count).